The Bertz CT molecular complexity index is 421. The topological polar surface area (TPSA) is 61.4 Å². The minimum atomic E-state index is -0.413. The zero-order chi connectivity index (χ0) is 13.7. The summed E-state index contributed by atoms with van der Waals surface area (Å²) in [5.41, 5.74) is 0.430. The molecule has 0 radical (unpaired) electrons. The molecule has 0 saturated heterocycles. The monoisotopic (exact) mass is 254 g/mol. The second kappa shape index (κ2) is 6.35. The van der Waals surface area contributed by atoms with Gasteiger partial charge in [0.15, 0.2) is 0 Å². The van der Waals surface area contributed by atoms with E-state index in [-0.39, 0.29) is 24.2 Å². The lowest BCUT2D eigenvalue weighted by molar-refractivity contribution is -0.123. The van der Waals surface area contributed by atoms with Gasteiger partial charge in [0.1, 0.15) is 11.6 Å². The molecule has 1 unspecified atom stereocenters. The summed E-state index contributed by atoms with van der Waals surface area (Å²) >= 11 is 0. The third kappa shape index (κ3) is 4.33. The van der Waals surface area contributed by atoms with Crippen LogP contribution in [0.15, 0.2) is 18.2 Å². The predicted molar refractivity (Wildman–Crippen MR) is 67.6 cm³/mol. The number of phenolic OH excluding ortho intramolecular Hbond substituents is 1. The maximum absolute atomic E-state index is 13.0. The van der Waals surface area contributed by atoms with Gasteiger partial charge >= 0.3 is 0 Å². The van der Waals surface area contributed by atoms with Crippen molar-refractivity contribution in [2.45, 2.75) is 39.4 Å². The molecule has 0 fully saturated rings. The first kappa shape index (κ1) is 14.4. The number of hydrogen-bond donors (Lipinski definition) is 3. The largest absolute Gasteiger partial charge is 0.508 e. The van der Waals surface area contributed by atoms with Crippen molar-refractivity contribution in [1.29, 1.82) is 0 Å². The van der Waals surface area contributed by atoms with Gasteiger partial charge in [0, 0.05) is 18.2 Å². The van der Waals surface area contributed by atoms with Crippen LogP contribution in [0.4, 0.5) is 4.39 Å². The number of benzene rings is 1. The van der Waals surface area contributed by atoms with Gasteiger partial charge in [0.2, 0.25) is 5.91 Å². The summed E-state index contributed by atoms with van der Waals surface area (Å²) in [5.74, 6) is -0.523. The molecule has 0 aliphatic rings. The van der Waals surface area contributed by atoms with Crippen molar-refractivity contribution in [2.24, 2.45) is 0 Å². The van der Waals surface area contributed by atoms with E-state index in [0.717, 1.165) is 0 Å². The van der Waals surface area contributed by atoms with Gasteiger partial charge in [0.25, 0.3) is 0 Å². The van der Waals surface area contributed by atoms with Crippen molar-refractivity contribution in [3.63, 3.8) is 0 Å². The molecule has 1 aromatic carbocycles. The van der Waals surface area contributed by atoms with Crippen LogP contribution in [0.5, 0.6) is 5.75 Å². The average Bonchev–Trinajstić information content (AvgIpc) is 2.29. The van der Waals surface area contributed by atoms with Gasteiger partial charge in [-0.25, -0.2) is 4.39 Å². The third-order valence-corrected chi connectivity index (χ3v) is 2.46. The first-order valence-electron chi connectivity index (χ1n) is 5.91. The maximum Gasteiger partial charge on any atom is 0.237 e. The van der Waals surface area contributed by atoms with Gasteiger partial charge < -0.3 is 15.7 Å². The van der Waals surface area contributed by atoms with Crippen LogP contribution in [-0.4, -0.2) is 23.1 Å². The number of rotatable bonds is 5. The normalized spacial score (nSPS) is 12.5. The molecule has 5 heteroatoms. The molecule has 0 spiro atoms. The summed E-state index contributed by atoms with van der Waals surface area (Å²) in [7, 11) is 0. The van der Waals surface area contributed by atoms with Crippen LogP contribution in [0.25, 0.3) is 0 Å². The predicted octanol–water partition coefficient (Wildman–Crippen LogP) is 1.53. The molecule has 18 heavy (non-hydrogen) atoms. The van der Waals surface area contributed by atoms with E-state index >= 15 is 0 Å². The summed E-state index contributed by atoms with van der Waals surface area (Å²) < 4.78 is 13.0. The van der Waals surface area contributed by atoms with Crippen LogP contribution >= 0.6 is 0 Å². The number of halogens is 1. The van der Waals surface area contributed by atoms with E-state index < -0.39 is 11.9 Å². The van der Waals surface area contributed by atoms with E-state index in [1.165, 1.54) is 18.2 Å². The fraction of sp³-hybridized carbons (Fsp3) is 0.462. The molecule has 1 amide bonds. The summed E-state index contributed by atoms with van der Waals surface area (Å²) in [6.07, 6.45) is 0. The van der Waals surface area contributed by atoms with E-state index in [2.05, 4.69) is 10.6 Å². The molecule has 0 saturated carbocycles. The Morgan fingerprint density at radius 1 is 1.39 bits per heavy atom. The Balaban J connectivity index is 2.54. The van der Waals surface area contributed by atoms with Crippen LogP contribution in [0, 0.1) is 5.82 Å². The smallest absolute Gasteiger partial charge is 0.237 e. The minimum absolute atomic E-state index is 0.0142. The summed E-state index contributed by atoms with van der Waals surface area (Å²) in [4.78, 5) is 11.6. The van der Waals surface area contributed by atoms with Gasteiger partial charge in [-0.05, 0) is 39.0 Å². The number of phenols is 1. The molecular weight excluding hydrogens is 235 g/mol. The quantitative estimate of drug-likeness (QED) is 0.747. The Morgan fingerprint density at radius 3 is 2.67 bits per heavy atom. The molecule has 3 N–H and O–H groups in total. The second-order valence-electron chi connectivity index (χ2n) is 4.54. The molecule has 100 valence electrons. The van der Waals surface area contributed by atoms with Crippen LogP contribution in [-0.2, 0) is 11.3 Å². The molecular formula is C13H19FN2O2. The van der Waals surface area contributed by atoms with E-state index in [9.17, 15) is 14.3 Å². The number of hydrogen-bond acceptors (Lipinski definition) is 3. The molecule has 0 aromatic heterocycles. The van der Waals surface area contributed by atoms with Crippen molar-refractivity contribution in [1.82, 2.24) is 10.6 Å². The fourth-order valence-corrected chi connectivity index (χ4v) is 1.46. The highest BCUT2D eigenvalue weighted by Gasteiger charge is 2.13. The van der Waals surface area contributed by atoms with E-state index in [1.807, 2.05) is 13.8 Å². The lowest BCUT2D eigenvalue weighted by atomic mass is 10.2. The molecule has 0 aliphatic carbocycles. The van der Waals surface area contributed by atoms with Crippen LogP contribution in [0.1, 0.15) is 26.3 Å². The molecule has 1 rings (SSSR count). The second-order valence-corrected chi connectivity index (χ2v) is 4.54. The number of carbonyl (C=O) groups is 1. The minimum Gasteiger partial charge on any atom is -0.508 e. The van der Waals surface area contributed by atoms with Gasteiger partial charge in [0.05, 0.1) is 6.04 Å². The van der Waals surface area contributed by atoms with Gasteiger partial charge in [-0.2, -0.15) is 0 Å². The van der Waals surface area contributed by atoms with E-state index in [0.29, 0.717) is 5.56 Å². The Morgan fingerprint density at radius 2 is 2.06 bits per heavy atom. The van der Waals surface area contributed by atoms with Crippen molar-refractivity contribution < 1.29 is 14.3 Å². The number of amides is 1. The molecule has 0 heterocycles. The highest BCUT2D eigenvalue weighted by molar-refractivity contribution is 5.81. The molecule has 0 bridgehead atoms. The maximum atomic E-state index is 13.0. The number of nitrogens with one attached hydrogen (secondary N) is 2. The Hall–Kier alpha value is -1.62. The standard InChI is InChI=1S/C13H19FN2O2/c1-8(2)16-13(18)9(3)15-7-10-6-11(14)4-5-12(10)17/h4-6,8-9,15,17H,7H2,1-3H3,(H,16,18). The zero-order valence-electron chi connectivity index (χ0n) is 10.8. The van der Waals surface area contributed by atoms with Crippen LogP contribution in [0.3, 0.4) is 0 Å². The highest BCUT2D eigenvalue weighted by atomic mass is 19.1. The average molecular weight is 254 g/mol. The third-order valence-electron chi connectivity index (χ3n) is 2.46. The summed E-state index contributed by atoms with van der Waals surface area (Å²) in [6.45, 7) is 5.70. The van der Waals surface area contributed by atoms with Crippen molar-refractivity contribution in [3.05, 3.63) is 29.6 Å². The lowest BCUT2D eigenvalue weighted by Crippen LogP contribution is -2.44. The highest BCUT2D eigenvalue weighted by Crippen LogP contribution is 2.17. The lowest BCUT2D eigenvalue weighted by Gasteiger charge is -2.16. The van der Waals surface area contributed by atoms with E-state index in [4.69, 9.17) is 0 Å². The SMILES string of the molecule is CC(C)NC(=O)C(C)NCc1cc(F)ccc1O. The van der Waals surface area contributed by atoms with Crippen LogP contribution in [0.2, 0.25) is 0 Å². The number of carbonyl (C=O) groups excluding carboxylic acids is 1. The van der Waals surface area contributed by atoms with Gasteiger partial charge in [-0.15, -0.1) is 0 Å². The summed E-state index contributed by atoms with van der Waals surface area (Å²) in [5, 5.41) is 15.2. The zero-order valence-corrected chi connectivity index (χ0v) is 10.8. The summed E-state index contributed by atoms with van der Waals surface area (Å²) in [6, 6.07) is 3.40. The van der Waals surface area contributed by atoms with Crippen molar-refractivity contribution >= 4 is 5.91 Å². The van der Waals surface area contributed by atoms with Gasteiger partial charge in [-0.1, -0.05) is 0 Å². The van der Waals surface area contributed by atoms with Crippen molar-refractivity contribution in [3.8, 4) is 5.75 Å². The Kier molecular flexibility index (Phi) is 5.09. The Labute approximate surface area is 106 Å². The molecule has 1 aromatic rings. The molecule has 4 nitrogen and oxygen atoms in total. The van der Waals surface area contributed by atoms with Crippen LogP contribution < -0.4 is 10.6 Å². The fourth-order valence-electron chi connectivity index (χ4n) is 1.46. The van der Waals surface area contributed by atoms with Gasteiger partial charge in [-0.3, -0.25) is 4.79 Å². The molecule has 1 atom stereocenters. The number of aromatic hydroxyl groups is 1. The first-order valence-corrected chi connectivity index (χ1v) is 5.91. The molecule has 0 aliphatic heterocycles. The van der Waals surface area contributed by atoms with Crippen molar-refractivity contribution in [2.75, 3.05) is 0 Å². The first-order chi connectivity index (χ1) is 8.40. The van der Waals surface area contributed by atoms with E-state index in [1.54, 1.807) is 6.92 Å².